The Morgan fingerprint density at radius 3 is 1.39 bits per heavy atom. The normalized spacial score (nSPS) is 19.0. The zero-order valence-corrected chi connectivity index (χ0v) is 38.5. The zero-order valence-electron chi connectivity index (χ0n) is 37.6. The van der Waals surface area contributed by atoms with Gasteiger partial charge in [-0.25, -0.2) is 13.2 Å². The highest BCUT2D eigenvalue weighted by Gasteiger charge is 2.50. The van der Waals surface area contributed by atoms with Gasteiger partial charge in [-0.15, -0.1) is 0 Å². The van der Waals surface area contributed by atoms with E-state index in [1.165, 1.54) is 49.8 Å². The number of rotatable bonds is 23. The van der Waals surface area contributed by atoms with Gasteiger partial charge < -0.3 is 61.7 Å². The van der Waals surface area contributed by atoms with Gasteiger partial charge in [0.1, 0.15) is 47.3 Å². The minimum Gasteiger partial charge on any atom is -0.497 e. The van der Waals surface area contributed by atoms with Crippen LogP contribution < -0.4 is 37.9 Å². The standard InChI is InChI=1S/C48H54F3O14P/c1-54-33-11-13-34(14-12-33)64-48-47(63-27-31-10-17-40(57-4)44(22-31)60-7)46(62-26-30-9-16-39(56-3)43(21-30)59-6)45(61-25-29-8-15-38(55-2)42(20-29)58-5)41(65-48)18-19-66(52,53)28-35-36(50)23-32(49)24-37(35)51/h8-17,20-24,41,45-48H,18-19,25-28H2,1-7H3,(H,52,53)/t41-,45-,46+,47+,48?/m1/s1. The highest BCUT2D eigenvalue weighted by Crippen LogP contribution is 2.48. The Labute approximate surface area is 381 Å². The quantitative estimate of drug-likeness (QED) is 0.0622. The van der Waals surface area contributed by atoms with E-state index in [1.54, 1.807) is 72.8 Å². The summed E-state index contributed by atoms with van der Waals surface area (Å²) in [6.45, 7) is -0.0852. The van der Waals surface area contributed by atoms with Crippen LogP contribution >= 0.6 is 7.37 Å². The van der Waals surface area contributed by atoms with Gasteiger partial charge in [0.2, 0.25) is 13.7 Å². The first kappa shape index (κ1) is 49.7. The molecule has 1 saturated heterocycles. The third kappa shape index (κ3) is 12.6. The largest absolute Gasteiger partial charge is 0.497 e. The van der Waals surface area contributed by atoms with Gasteiger partial charge in [-0.3, -0.25) is 4.57 Å². The van der Waals surface area contributed by atoms with Crippen molar-refractivity contribution in [3.8, 4) is 46.0 Å². The fraction of sp³-hybridized carbons (Fsp3) is 0.375. The number of methoxy groups -OCH3 is 7. The zero-order chi connectivity index (χ0) is 47.4. The Bertz CT molecular complexity index is 2400. The summed E-state index contributed by atoms with van der Waals surface area (Å²) in [5, 5.41) is 0. The SMILES string of the molecule is COc1ccc(OC2O[C@H](CCP(=O)(O)Cc3c(F)cc(F)cc3F)[C@@H](OCc3ccc(OC)c(OC)c3)[C@H](OCc3ccc(OC)c(OC)c3)[C@@H]2OCc2ccc(OC)c(OC)c2)cc1. The van der Waals surface area contributed by atoms with E-state index in [0.29, 0.717) is 74.8 Å². The van der Waals surface area contributed by atoms with Crippen molar-refractivity contribution in [2.24, 2.45) is 0 Å². The molecular formula is C48H54F3O14P. The Morgan fingerprint density at radius 1 is 0.530 bits per heavy atom. The second-order valence-electron chi connectivity index (χ2n) is 15.1. The van der Waals surface area contributed by atoms with Gasteiger partial charge in [-0.2, -0.15) is 0 Å². The number of ether oxygens (including phenoxy) is 12. The summed E-state index contributed by atoms with van der Waals surface area (Å²) in [5.41, 5.74) is 1.33. The summed E-state index contributed by atoms with van der Waals surface area (Å²) in [5.74, 6) is 0.0877. The molecule has 1 N–H and O–H groups in total. The molecule has 0 aliphatic carbocycles. The monoisotopic (exact) mass is 942 g/mol. The molecule has 14 nitrogen and oxygen atoms in total. The predicted octanol–water partition coefficient (Wildman–Crippen LogP) is 8.88. The predicted molar refractivity (Wildman–Crippen MR) is 236 cm³/mol. The maximum Gasteiger partial charge on any atom is 0.229 e. The van der Waals surface area contributed by atoms with Crippen molar-refractivity contribution in [1.29, 1.82) is 0 Å². The van der Waals surface area contributed by atoms with Crippen LogP contribution in [0, 0.1) is 17.5 Å². The van der Waals surface area contributed by atoms with Crippen molar-refractivity contribution in [3.05, 3.63) is 131 Å². The number of hydrogen-bond donors (Lipinski definition) is 1. The van der Waals surface area contributed by atoms with E-state index in [9.17, 15) is 22.6 Å². The average molecular weight is 943 g/mol. The topological polar surface area (TPSA) is 148 Å². The van der Waals surface area contributed by atoms with E-state index in [-0.39, 0.29) is 26.2 Å². The van der Waals surface area contributed by atoms with Crippen LogP contribution in [0.25, 0.3) is 0 Å². The lowest BCUT2D eigenvalue weighted by Gasteiger charge is -2.46. The molecule has 5 aromatic carbocycles. The van der Waals surface area contributed by atoms with E-state index in [2.05, 4.69) is 0 Å². The van der Waals surface area contributed by atoms with E-state index in [1.807, 2.05) is 6.07 Å². The van der Waals surface area contributed by atoms with Crippen molar-refractivity contribution in [2.75, 3.05) is 55.9 Å². The molecule has 66 heavy (non-hydrogen) atoms. The molecule has 1 heterocycles. The Morgan fingerprint density at radius 2 is 0.955 bits per heavy atom. The minimum absolute atomic E-state index is 0.0131. The molecule has 2 unspecified atom stereocenters. The molecule has 0 saturated carbocycles. The van der Waals surface area contributed by atoms with E-state index < -0.39 is 73.4 Å². The molecule has 1 aliphatic heterocycles. The molecule has 0 aromatic heterocycles. The second-order valence-corrected chi connectivity index (χ2v) is 17.6. The van der Waals surface area contributed by atoms with Crippen LogP contribution in [0.4, 0.5) is 13.2 Å². The summed E-state index contributed by atoms with van der Waals surface area (Å²) in [6, 6.07) is 23.5. The maximum atomic E-state index is 14.8. The fourth-order valence-electron chi connectivity index (χ4n) is 7.43. The molecule has 6 atom stereocenters. The molecule has 0 spiro atoms. The Balaban J connectivity index is 1.42. The maximum absolute atomic E-state index is 14.8. The first-order valence-corrected chi connectivity index (χ1v) is 22.7. The Hall–Kier alpha value is -5.68. The van der Waals surface area contributed by atoms with Crippen LogP contribution in [0.2, 0.25) is 0 Å². The summed E-state index contributed by atoms with van der Waals surface area (Å²) in [6.07, 6.45) is -7.13. The van der Waals surface area contributed by atoms with Crippen molar-refractivity contribution in [3.63, 3.8) is 0 Å². The summed E-state index contributed by atoms with van der Waals surface area (Å²) in [4.78, 5) is 11.3. The molecule has 0 radical (unpaired) electrons. The van der Waals surface area contributed by atoms with Gasteiger partial charge in [0.05, 0.1) is 81.9 Å². The van der Waals surface area contributed by atoms with Crippen LogP contribution in [-0.2, 0) is 49.5 Å². The number of benzene rings is 5. The number of halogens is 3. The minimum atomic E-state index is -4.39. The first-order chi connectivity index (χ1) is 31.8. The van der Waals surface area contributed by atoms with E-state index >= 15 is 0 Å². The van der Waals surface area contributed by atoms with Crippen LogP contribution in [0.15, 0.2) is 91.0 Å². The first-order valence-electron chi connectivity index (χ1n) is 20.7. The van der Waals surface area contributed by atoms with Crippen molar-refractivity contribution < 1.29 is 79.5 Å². The fourth-order valence-corrected chi connectivity index (χ4v) is 9.04. The van der Waals surface area contributed by atoms with Crippen LogP contribution in [0.1, 0.15) is 28.7 Å². The van der Waals surface area contributed by atoms with Gasteiger partial charge in [0, 0.05) is 23.9 Å². The Kier molecular flexibility index (Phi) is 17.5. The highest BCUT2D eigenvalue weighted by molar-refractivity contribution is 7.57. The lowest BCUT2D eigenvalue weighted by Crippen LogP contribution is -2.61. The molecule has 5 aromatic rings. The summed E-state index contributed by atoms with van der Waals surface area (Å²) >= 11 is 0. The molecular weight excluding hydrogens is 888 g/mol. The molecule has 0 bridgehead atoms. The van der Waals surface area contributed by atoms with Crippen LogP contribution in [-0.4, -0.2) is 91.5 Å². The number of hydrogen-bond acceptors (Lipinski definition) is 13. The molecule has 356 valence electrons. The van der Waals surface area contributed by atoms with Crippen molar-refractivity contribution in [1.82, 2.24) is 0 Å². The van der Waals surface area contributed by atoms with E-state index in [0.717, 1.165) is 0 Å². The van der Waals surface area contributed by atoms with Crippen molar-refractivity contribution in [2.45, 2.75) is 63.1 Å². The summed E-state index contributed by atoms with van der Waals surface area (Å²) in [7, 11) is 6.25. The van der Waals surface area contributed by atoms with E-state index in [4.69, 9.17) is 56.8 Å². The van der Waals surface area contributed by atoms with Crippen LogP contribution in [0.3, 0.4) is 0 Å². The average Bonchev–Trinajstić information content (AvgIpc) is 3.32. The molecule has 1 aliphatic rings. The van der Waals surface area contributed by atoms with Gasteiger partial charge in [-0.05, 0) is 83.8 Å². The van der Waals surface area contributed by atoms with Gasteiger partial charge in [-0.1, -0.05) is 18.2 Å². The van der Waals surface area contributed by atoms with Crippen LogP contribution in [0.5, 0.6) is 46.0 Å². The third-order valence-electron chi connectivity index (χ3n) is 10.8. The summed E-state index contributed by atoms with van der Waals surface area (Å²) < 4.78 is 129. The third-order valence-corrected chi connectivity index (χ3v) is 12.6. The lowest BCUT2D eigenvalue weighted by atomic mass is 9.96. The molecule has 18 heteroatoms. The van der Waals surface area contributed by atoms with Gasteiger partial charge in [0.25, 0.3) is 0 Å². The second kappa shape index (κ2) is 23.2. The van der Waals surface area contributed by atoms with Gasteiger partial charge >= 0.3 is 0 Å². The van der Waals surface area contributed by atoms with Gasteiger partial charge in [0.15, 0.2) is 34.5 Å². The molecule has 6 rings (SSSR count). The molecule has 0 amide bonds. The van der Waals surface area contributed by atoms with Crippen molar-refractivity contribution >= 4 is 7.37 Å². The smallest absolute Gasteiger partial charge is 0.229 e. The highest BCUT2D eigenvalue weighted by atomic mass is 31.2. The lowest BCUT2D eigenvalue weighted by molar-refractivity contribution is -0.304. The molecule has 1 fully saturated rings.